The van der Waals surface area contributed by atoms with Crippen LogP contribution in [0.3, 0.4) is 0 Å². The highest BCUT2D eigenvalue weighted by atomic mass is 35.5. The summed E-state index contributed by atoms with van der Waals surface area (Å²) in [5.41, 5.74) is 0.675. The number of nitrogens with one attached hydrogen (secondary N) is 3. The van der Waals surface area contributed by atoms with Crippen LogP contribution < -0.4 is 14.8 Å². The summed E-state index contributed by atoms with van der Waals surface area (Å²) in [6.07, 6.45) is 0. The number of carbonyl (C=O) groups excluding carboxylic acids is 1. The highest BCUT2D eigenvalue weighted by Gasteiger charge is 2.22. The molecule has 0 spiro atoms. The molecule has 0 aromatic heterocycles. The lowest BCUT2D eigenvalue weighted by Crippen LogP contribution is -2.44. The van der Waals surface area contributed by atoms with Gasteiger partial charge in [0, 0.05) is 24.0 Å². The van der Waals surface area contributed by atoms with Crippen LogP contribution in [-0.4, -0.2) is 34.5 Å². The van der Waals surface area contributed by atoms with Crippen LogP contribution in [0.15, 0.2) is 24.3 Å². The maximum absolute atomic E-state index is 11.7. The van der Waals surface area contributed by atoms with Crippen LogP contribution in [0, 0.1) is 0 Å². The molecule has 0 aliphatic heterocycles. The van der Waals surface area contributed by atoms with Crippen molar-refractivity contribution in [3.05, 3.63) is 34.9 Å². The molecule has 0 aliphatic rings. The van der Waals surface area contributed by atoms with Gasteiger partial charge in [0.1, 0.15) is 0 Å². The fourth-order valence-corrected chi connectivity index (χ4v) is 2.28. The second kappa shape index (κ2) is 7.22. The monoisotopic (exact) mass is 333 g/mol. The Bertz CT molecular complexity index is 602. The van der Waals surface area contributed by atoms with Gasteiger partial charge in [-0.1, -0.05) is 37.6 Å². The molecule has 118 valence electrons. The molecule has 0 fully saturated rings. The van der Waals surface area contributed by atoms with Crippen LogP contribution >= 0.6 is 11.6 Å². The fraction of sp³-hybridized carbons (Fsp3) is 0.462. The molecule has 0 saturated heterocycles. The predicted molar refractivity (Wildman–Crippen MR) is 83.5 cm³/mol. The van der Waals surface area contributed by atoms with Gasteiger partial charge in [-0.15, -0.1) is 0 Å². The molecule has 1 amide bonds. The summed E-state index contributed by atoms with van der Waals surface area (Å²) in [5.74, 6) is -0.399. The molecule has 1 aromatic rings. The van der Waals surface area contributed by atoms with Crippen LogP contribution in [-0.2, 0) is 20.4 Å². The maximum Gasteiger partial charge on any atom is 0.277 e. The van der Waals surface area contributed by atoms with E-state index >= 15 is 0 Å². The van der Waals surface area contributed by atoms with Crippen molar-refractivity contribution in [3.63, 3.8) is 0 Å². The second-order valence-electron chi connectivity index (χ2n) is 5.20. The summed E-state index contributed by atoms with van der Waals surface area (Å²) in [6.45, 7) is 4.00. The predicted octanol–water partition coefficient (Wildman–Crippen LogP) is 0.788. The van der Waals surface area contributed by atoms with Gasteiger partial charge in [0.25, 0.3) is 10.2 Å². The number of hydrogen-bond acceptors (Lipinski definition) is 3. The normalized spacial score (nSPS) is 12.2. The van der Waals surface area contributed by atoms with Gasteiger partial charge in [-0.25, -0.2) is 4.72 Å². The fourth-order valence-electron chi connectivity index (χ4n) is 1.63. The van der Waals surface area contributed by atoms with Gasteiger partial charge >= 0.3 is 0 Å². The van der Waals surface area contributed by atoms with Gasteiger partial charge in [-0.3, -0.25) is 4.79 Å². The topological polar surface area (TPSA) is 87.3 Å². The highest BCUT2D eigenvalue weighted by Crippen LogP contribution is 2.24. The van der Waals surface area contributed by atoms with E-state index in [4.69, 9.17) is 11.6 Å². The summed E-state index contributed by atoms with van der Waals surface area (Å²) in [6, 6.07) is 7.41. The molecular formula is C13H20ClN3O3S. The number of hydrogen-bond donors (Lipinski definition) is 3. The Morgan fingerprint density at radius 3 is 2.57 bits per heavy atom. The van der Waals surface area contributed by atoms with Crippen LogP contribution in [0.25, 0.3) is 0 Å². The summed E-state index contributed by atoms with van der Waals surface area (Å²) >= 11 is 5.96. The molecule has 0 atom stereocenters. The Balaban J connectivity index is 2.55. The molecule has 3 N–H and O–H groups in total. The van der Waals surface area contributed by atoms with Crippen molar-refractivity contribution in [2.45, 2.75) is 19.3 Å². The molecule has 1 aromatic carbocycles. The van der Waals surface area contributed by atoms with E-state index in [2.05, 4.69) is 14.8 Å². The number of benzene rings is 1. The first-order chi connectivity index (χ1) is 9.66. The zero-order valence-electron chi connectivity index (χ0n) is 12.2. The van der Waals surface area contributed by atoms with Gasteiger partial charge in [-0.05, 0) is 17.7 Å². The molecule has 6 nitrogen and oxygen atoms in total. The lowest BCUT2D eigenvalue weighted by Gasteiger charge is -2.26. The molecular weight excluding hydrogens is 314 g/mol. The molecule has 0 bridgehead atoms. The Hall–Kier alpha value is -1.15. The van der Waals surface area contributed by atoms with E-state index in [9.17, 15) is 13.2 Å². The maximum atomic E-state index is 11.7. The van der Waals surface area contributed by atoms with Gasteiger partial charge in [-0.2, -0.15) is 13.1 Å². The average molecular weight is 334 g/mol. The van der Waals surface area contributed by atoms with Crippen molar-refractivity contribution in [1.82, 2.24) is 14.8 Å². The number of amides is 1. The molecule has 0 radical (unpaired) electrons. The second-order valence-corrected chi connectivity index (χ2v) is 7.34. The Labute approximate surface area is 130 Å². The van der Waals surface area contributed by atoms with Crippen molar-refractivity contribution in [2.24, 2.45) is 0 Å². The van der Waals surface area contributed by atoms with E-state index in [-0.39, 0.29) is 12.0 Å². The number of halogens is 1. The van der Waals surface area contributed by atoms with E-state index in [1.165, 1.54) is 7.05 Å². The van der Waals surface area contributed by atoms with E-state index in [0.29, 0.717) is 11.6 Å². The van der Waals surface area contributed by atoms with Crippen molar-refractivity contribution < 1.29 is 13.2 Å². The minimum atomic E-state index is -3.60. The first-order valence-electron chi connectivity index (χ1n) is 6.37. The third-order valence-corrected chi connectivity index (χ3v) is 4.32. The zero-order valence-corrected chi connectivity index (χ0v) is 13.8. The Morgan fingerprint density at radius 1 is 1.33 bits per heavy atom. The van der Waals surface area contributed by atoms with Gasteiger partial charge in [0.05, 0.1) is 6.54 Å². The smallest absolute Gasteiger partial charge is 0.277 e. The van der Waals surface area contributed by atoms with Crippen LogP contribution in [0.2, 0.25) is 5.02 Å². The minimum absolute atomic E-state index is 0.311. The third kappa shape index (κ3) is 6.01. The molecule has 0 saturated carbocycles. The average Bonchev–Trinajstić information content (AvgIpc) is 2.43. The first kappa shape index (κ1) is 17.9. The highest BCUT2D eigenvalue weighted by molar-refractivity contribution is 7.87. The van der Waals surface area contributed by atoms with Crippen molar-refractivity contribution >= 4 is 27.7 Å². The standard InChI is InChI=1S/C13H20ClN3O3S/c1-13(2,10-5-4-6-11(14)7-10)9-16-12(18)8-17-21(19,20)15-3/h4-7,15,17H,8-9H2,1-3H3,(H,16,18). The lowest BCUT2D eigenvalue weighted by molar-refractivity contribution is -0.120. The summed E-state index contributed by atoms with van der Waals surface area (Å²) in [4.78, 5) is 11.7. The molecule has 0 unspecified atom stereocenters. The van der Waals surface area contributed by atoms with E-state index in [1.807, 2.05) is 32.0 Å². The lowest BCUT2D eigenvalue weighted by atomic mass is 9.84. The van der Waals surface area contributed by atoms with Crippen LogP contribution in [0.1, 0.15) is 19.4 Å². The van der Waals surface area contributed by atoms with Gasteiger partial charge in [0.15, 0.2) is 0 Å². The molecule has 0 heterocycles. The molecule has 1 rings (SSSR count). The van der Waals surface area contributed by atoms with Crippen molar-refractivity contribution in [2.75, 3.05) is 20.1 Å². The molecule has 21 heavy (non-hydrogen) atoms. The Kier molecular flexibility index (Phi) is 6.15. The van der Waals surface area contributed by atoms with Gasteiger partial charge < -0.3 is 5.32 Å². The number of rotatable bonds is 7. The van der Waals surface area contributed by atoms with Gasteiger partial charge in [0.2, 0.25) is 5.91 Å². The van der Waals surface area contributed by atoms with E-state index in [0.717, 1.165) is 5.56 Å². The molecule has 0 aliphatic carbocycles. The minimum Gasteiger partial charge on any atom is -0.354 e. The zero-order chi connectivity index (χ0) is 16.1. The number of carbonyl (C=O) groups is 1. The summed E-state index contributed by atoms with van der Waals surface area (Å²) < 4.78 is 26.5. The van der Waals surface area contributed by atoms with E-state index in [1.54, 1.807) is 6.07 Å². The summed E-state index contributed by atoms with van der Waals surface area (Å²) in [5, 5.41) is 3.33. The quantitative estimate of drug-likeness (QED) is 0.689. The van der Waals surface area contributed by atoms with Crippen molar-refractivity contribution in [3.8, 4) is 0 Å². The van der Waals surface area contributed by atoms with E-state index < -0.39 is 16.1 Å². The molecule has 8 heteroatoms. The Morgan fingerprint density at radius 2 is 2.00 bits per heavy atom. The largest absolute Gasteiger partial charge is 0.354 e. The van der Waals surface area contributed by atoms with Crippen molar-refractivity contribution in [1.29, 1.82) is 0 Å². The SMILES string of the molecule is CNS(=O)(=O)NCC(=O)NCC(C)(C)c1cccc(Cl)c1. The first-order valence-corrected chi connectivity index (χ1v) is 8.23. The van der Waals surface area contributed by atoms with Crippen LogP contribution in [0.4, 0.5) is 0 Å². The summed E-state index contributed by atoms with van der Waals surface area (Å²) in [7, 11) is -2.34. The van der Waals surface area contributed by atoms with Crippen LogP contribution in [0.5, 0.6) is 0 Å². The third-order valence-electron chi connectivity index (χ3n) is 3.03.